The average Bonchev–Trinajstić information content (AvgIpc) is 3.65. The maximum atomic E-state index is 14.1. The Morgan fingerprint density at radius 2 is 1.70 bits per heavy atom. The Bertz CT molecular complexity index is 1930. The molecule has 1 aromatic heterocycles. The van der Waals surface area contributed by atoms with E-state index >= 15 is 0 Å². The number of alkyl carbamates (subject to hydrolysis) is 1. The number of aliphatic imine (C=N–C) groups is 1. The van der Waals surface area contributed by atoms with E-state index in [0.717, 1.165) is 11.1 Å². The molecule has 18 heteroatoms. The zero-order chi connectivity index (χ0) is 40.9. The van der Waals surface area contributed by atoms with E-state index < -0.39 is 68.9 Å². The van der Waals surface area contributed by atoms with E-state index in [4.69, 9.17) is 10.5 Å². The number of carbonyl (C=O) groups excluding carboxylic acids is 3. The van der Waals surface area contributed by atoms with Gasteiger partial charge >= 0.3 is 12.1 Å². The SMILES string of the molecule is Cc1ccc(S(=O)(=O)NC(N)=NCCC[C@H](NC(=O)OCc2cccnc2)C(=O)N[C@H](C(=O)NC(Cc2ccccc2)C2N[C@@H](C(=O)O)CS2)C(C)(C)C)cc1. The topological polar surface area (TPSA) is 243 Å². The van der Waals surface area contributed by atoms with Crippen molar-refractivity contribution < 1.29 is 37.4 Å². The molecule has 1 fully saturated rings. The number of thioether (sulfide) groups is 1. The molecule has 0 radical (unpaired) electrons. The van der Waals surface area contributed by atoms with Gasteiger partial charge in [0.1, 0.15) is 24.7 Å². The second-order valence-electron chi connectivity index (χ2n) is 14.4. The average molecular weight is 811 g/mol. The predicted molar refractivity (Wildman–Crippen MR) is 213 cm³/mol. The number of amides is 3. The number of pyridine rings is 1. The van der Waals surface area contributed by atoms with E-state index in [1.807, 2.05) is 37.3 Å². The summed E-state index contributed by atoms with van der Waals surface area (Å²) in [6.45, 7) is 7.07. The Morgan fingerprint density at radius 1 is 1.00 bits per heavy atom. The Kier molecular flexibility index (Phi) is 15.6. The number of guanidine groups is 1. The molecule has 2 heterocycles. The molecule has 0 aliphatic carbocycles. The van der Waals surface area contributed by atoms with Crippen LogP contribution in [0.5, 0.6) is 0 Å². The Labute approximate surface area is 331 Å². The molecule has 1 aliphatic heterocycles. The number of rotatable bonds is 17. The van der Waals surface area contributed by atoms with Crippen LogP contribution in [0.3, 0.4) is 0 Å². The van der Waals surface area contributed by atoms with Crippen LogP contribution in [0.2, 0.25) is 0 Å². The lowest BCUT2D eigenvalue weighted by atomic mass is 9.85. The number of aryl methyl sites for hydroxylation is 1. The summed E-state index contributed by atoms with van der Waals surface area (Å²) in [5, 5.41) is 20.7. The van der Waals surface area contributed by atoms with E-state index in [-0.39, 0.29) is 36.8 Å². The number of sulfonamides is 1. The minimum Gasteiger partial charge on any atom is -0.480 e. The van der Waals surface area contributed by atoms with Crippen LogP contribution in [-0.2, 0) is 42.2 Å². The van der Waals surface area contributed by atoms with Crippen molar-refractivity contribution in [1.29, 1.82) is 0 Å². The highest BCUT2D eigenvalue weighted by Crippen LogP contribution is 2.26. The van der Waals surface area contributed by atoms with Crippen LogP contribution in [0.25, 0.3) is 0 Å². The maximum absolute atomic E-state index is 14.1. The smallest absolute Gasteiger partial charge is 0.408 e. The Hall–Kier alpha value is -5.20. The summed E-state index contributed by atoms with van der Waals surface area (Å²) < 4.78 is 33.0. The van der Waals surface area contributed by atoms with Crippen LogP contribution in [0.1, 0.15) is 50.3 Å². The number of carbonyl (C=O) groups is 4. The van der Waals surface area contributed by atoms with Crippen molar-refractivity contribution in [2.75, 3.05) is 12.3 Å². The standard InChI is InChI=1S/C38H50N8O8S2/c1-24-14-16-27(17-15-24)56(52,53)46-36(39)41-19-9-13-28(44-37(51)54-22-26-12-8-18-40-21-26)32(47)45-31(38(2,3)4)33(48)42-29(20-25-10-6-5-7-11-25)34-43-30(23-55-34)35(49)50/h5-8,10-12,14-18,21,28-31,34,43H,9,13,19-20,22-23H2,1-4H3,(H,42,48)(H,44,51)(H,45,47)(H,49,50)(H3,39,41,46)/t28-,29?,30+,31+,34?/m0/s1. The number of ether oxygens (including phenoxy) is 1. The summed E-state index contributed by atoms with van der Waals surface area (Å²) in [5.74, 6) is -2.19. The third kappa shape index (κ3) is 13.5. The zero-order valence-corrected chi connectivity index (χ0v) is 33.4. The van der Waals surface area contributed by atoms with Crippen molar-refractivity contribution in [2.45, 2.75) is 88.0 Å². The van der Waals surface area contributed by atoms with Gasteiger partial charge in [0.25, 0.3) is 10.0 Å². The fourth-order valence-corrected chi connectivity index (χ4v) is 7.93. The molecule has 1 aliphatic rings. The Morgan fingerprint density at radius 3 is 2.32 bits per heavy atom. The number of aromatic nitrogens is 1. The van der Waals surface area contributed by atoms with E-state index in [1.165, 1.54) is 30.1 Å². The van der Waals surface area contributed by atoms with Gasteiger partial charge in [-0.25, -0.2) is 17.9 Å². The number of hydrogen-bond acceptors (Lipinski definition) is 11. The van der Waals surface area contributed by atoms with Crippen LogP contribution >= 0.6 is 11.8 Å². The van der Waals surface area contributed by atoms with Crippen LogP contribution < -0.4 is 31.7 Å². The highest BCUT2D eigenvalue weighted by Gasteiger charge is 2.39. The first-order chi connectivity index (χ1) is 26.5. The molecule has 302 valence electrons. The number of hydrogen-bond donors (Lipinski definition) is 7. The van der Waals surface area contributed by atoms with Crippen molar-refractivity contribution >= 4 is 51.6 Å². The van der Waals surface area contributed by atoms with Gasteiger partial charge in [0.15, 0.2) is 0 Å². The molecular weight excluding hydrogens is 761 g/mol. The number of benzene rings is 2. The summed E-state index contributed by atoms with van der Waals surface area (Å²) in [6, 6.07) is 15.5. The third-order valence-corrected chi connectivity index (χ3v) is 11.4. The first-order valence-corrected chi connectivity index (χ1v) is 20.5. The second-order valence-corrected chi connectivity index (χ2v) is 17.2. The largest absolute Gasteiger partial charge is 0.480 e. The summed E-state index contributed by atoms with van der Waals surface area (Å²) in [4.78, 5) is 60.8. The number of carboxylic acids is 1. The molecule has 0 bridgehead atoms. The van der Waals surface area contributed by atoms with Gasteiger partial charge in [0.05, 0.1) is 16.3 Å². The lowest BCUT2D eigenvalue weighted by Gasteiger charge is -2.34. The van der Waals surface area contributed by atoms with Gasteiger partial charge in [-0.2, -0.15) is 0 Å². The first-order valence-electron chi connectivity index (χ1n) is 18.0. The minimum atomic E-state index is -3.98. The Balaban J connectivity index is 1.47. The van der Waals surface area contributed by atoms with Gasteiger partial charge < -0.3 is 31.5 Å². The summed E-state index contributed by atoms with van der Waals surface area (Å²) in [7, 11) is -3.98. The van der Waals surface area contributed by atoms with E-state index in [9.17, 15) is 32.7 Å². The second kappa shape index (κ2) is 20.1. The molecule has 2 unspecified atom stereocenters. The summed E-state index contributed by atoms with van der Waals surface area (Å²) in [6.07, 6.45) is 2.81. The third-order valence-electron chi connectivity index (χ3n) is 8.72. The fourth-order valence-electron chi connectivity index (χ4n) is 5.68. The lowest BCUT2D eigenvalue weighted by Crippen LogP contribution is -2.61. The highest BCUT2D eigenvalue weighted by molar-refractivity contribution is 8.00. The quantitative estimate of drug-likeness (QED) is 0.0591. The molecule has 0 spiro atoms. The van der Waals surface area contributed by atoms with Gasteiger partial charge in [-0.15, -0.1) is 11.8 Å². The molecule has 3 aromatic rings. The predicted octanol–water partition coefficient (Wildman–Crippen LogP) is 2.43. The van der Waals surface area contributed by atoms with Crippen LogP contribution in [-0.4, -0.2) is 90.2 Å². The van der Waals surface area contributed by atoms with Crippen molar-refractivity contribution in [3.63, 3.8) is 0 Å². The van der Waals surface area contributed by atoms with Crippen molar-refractivity contribution in [1.82, 2.24) is 31.0 Å². The normalized spacial score (nSPS) is 17.5. The van der Waals surface area contributed by atoms with Gasteiger partial charge in [-0.05, 0) is 55.4 Å². The number of nitrogens with two attached hydrogens (primary N) is 1. The van der Waals surface area contributed by atoms with Crippen molar-refractivity contribution in [3.8, 4) is 0 Å². The van der Waals surface area contributed by atoms with Crippen LogP contribution in [0.15, 0.2) is 89.0 Å². The zero-order valence-electron chi connectivity index (χ0n) is 31.7. The molecule has 8 N–H and O–H groups in total. The fraction of sp³-hybridized carbons (Fsp3) is 0.421. The number of carboxylic acid groups (broad SMARTS) is 1. The van der Waals surface area contributed by atoms with Crippen molar-refractivity contribution in [2.24, 2.45) is 16.1 Å². The molecule has 1 saturated heterocycles. The summed E-state index contributed by atoms with van der Waals surface area (Å²) in [5.41, 5.74) is 7.52. The molecule has 16 nitrogen and oxygen atoms in total. The molecule has 0 saturated carbocycles. The van der Waals surface area contributed by atoms with E-state index in [1.54, 1.807) is 51.2 Å². The van der Waals surface area contributed by atoms with Gasteiger partial charge in [-0.3, -0.25) is 29.7 Å². The van der Waals surface area contributed by atoms with Gasteiger partial charge in [0, 0.05) is 30.3 Å². The maximum Gasteiger partial charge on any atom is 0.408 e. The van der Waals surface area contributed by atoms with Crippen LogP contribution in [0.4, 0.5) is 4.79 Å². The van der Waals surface area contributed by atoms with E-state index in [0.29, 0.717) is 17.7 Å². The number of aliphatic carboxylic acids is 1. The molecular formula is C38H50N8O8S2. The van der Waals surface area contributed by atoms with Gasteiger partial charge in [0.2, 0.25) is 17.8 Å². The number of nitrogens with zero attached hydrogens (tertiary/aromatic N) is 2. The molecule has 2 aromatic carbocycles. The van der Waals surface area contributed by atoms with Gasteiger partial charge in [-0.1, -0.05) is 74.9 Å². The number of nitrogens with one attached hydrogen (secondary N) is 5. The first kappa shape index (κ1) is 43.5. The highest BCUT2D eigenvalue weighted by atomic mass is 32.2. The molecule has 3 amide bonds. The molecule has 56 heavy (non-hydrogen) atoms. The van der Waals surface area contributed by atoms with Crippen molar-refractivity contribution in [3.05, 3.63) is 95.8 Å². The summed E-state index contributed by atoms with van der Waals surface area (Å²) >= 11 is 1.39. The monoisotopic (exact) mass is 810 g/mol. The minimum absolute atomic E-state index is 0.00775. The molecule has 5 atom stereocenters. The molecule has 4 rings (SSSR count). The lowest BCUT2D eigenvalue weighted by molar-refractivity contribution is -0.138. The van der Waals surface area contributed by atoms with Crippen LogP contribution in [0, 0.1) is 12.3 Å². The van der Waals surface area contributed by atoms with E-state index in [2.05, 4.69) is 36.0 Å².